The van der Waals surface area contributed by atoms with Crippen molar-refractivity contribution in [2.45, 2.75) is 44.4 Å². The second-order valence-corrected chi connectivity index (χ2v) is 9.13. The number of benzene rings is 2. The van der Waals surface area contributed by atoms with Crippen LogP contribution >= 0.6 is 0 Å². The van der Waals surface area contributed by atoms with Crippen LogP contribution in [0.1, 0.15) is 31.4 Å². The summed E-state index contributed by atoms with van der Waals surface area (Å²) < 4.78 is 40.1. The van der Waals surface area contributed by atoms with Gasteiger partial charge in [0, 0.05) is 12.6 Å². The van der Waals surface area contributed by atoms with Crippen molar-refractivity contribution >= 4 is 10.0 Å². The first-order valence-electron chi connectivity index (χ1n) is 9.23. The van der Waals surface area contributed by atoms with Gasteiger partial charge in [-0.25, -0.2) is 8.42 Å². The lowest BCUT2D eigenvalue weighted by Crippen LogP contribution is -2.44. The van der Waals surface area contributed by atoms with Gasteiger partial charge in [-0.15, -0.1) is 0 Å². The molecule has 146 valence electrons. The van der Waals surface area contributed by atoms with Crippen LogP contribution < -0.4 is 4.74 Å². The highest BCUT2D eigenvalue weighted by molar-refractivity contribution is 7.89. The molecule has 0 saturated carbocycles. The highest BCUT2D eigenvalue weighted by Crippen LogP contribution is 2.32. The molecule has 0 fully saturated rings. The number of para-hydroxylation sites is 1. The van der Waals surface area contributed by atoms with Crippen LogP contribution in [0.5, 0.6) is 5.75 Å². The minimum Gasteiger partial charge on any atom is -0.495 e. The van der Waals surface area contributed by atoms with E-state index < -0.39 is 10.0 Å². The average Bonchev–Trinajstić information content (AvgIpc) is 2.64. The Hall–Kier alpha value is -1.89. The van der Waals surface area contributed by atoms with Crippen molar-refractivity contribution in [1.29, 1.82) is 0 Å². The third kappa shape index (κ3) is 4.34. The Kier molecular flexibility index (Phi) is 6.19. The highest BCUT2D eigenvalue weighted by Gasteiger charge is 2.35. The standard InChI is InChI=1S/C21H27NO4S/c1-16(2)12-19-15-26-14-18-9-5-4-8-17(18)13-22(19)27(23,24)21-11-7-6-10-20(21)25-3/h4-11,16,19H,12-15H2,1-3H3. The molecule has 1 heterocycles. The molecule has 0 aliphatic carbocycles. The van der Waals surface area contributed by atoms with Crippen LogP contribution in [0.2, 0.25) is 0 Å². The molecule has 0 aromatic heterocycles. The number of methoxy groups -OCH3 is 1. The van der Waals surface area contributed by atoms with Gasteiger partial charge < -0.3 is 9.47 Å². The van der Waals surface area contributed by atoms with Gasteiger partial charge in [0.05, 0.1) is 20.3 Å². The second kappa shape index (κ2) is 8.42. The summed E-state index contributed by atoms with van der Waals surface area (Å²) in [5.41, 5.74) is 2.00. The quantitative estimate of drug-likeness (QED) is 0.780. The zero-order valence-corrected chi connectivity index (χ0v) is 16.9. The van der Waals surface area contributed by atoms with Gasteiger partial charge in [0.1, 0.15) is 10.6 Å². The van der Waals surface area contributed by atoms with Crippen molar-refractivity contribution in [3.8, 4) is 5.75 Å². The maximum atomic E-state index is 13.6. The number of fused-ring (bicyclic) bond motifs is 1. The molecule has 2 aromatic rings. The molecule has 0 saturated heterocycles. The van der Waals surface area contributed by atoms with Crippen LogP contribution in [0.25, 0.3) is 0 Å². The number of ether oxygens (including phenoxy) is 2. The molecule has 5 nitrogen and oxygen atoms in total. The first kappa shape index (κ1) is 19.9. The van der Waals surface area contributed by atoms with Gasteiger partial charge in [-0.3, -0.25) is 0 Å². The first-order valence-corrected chi connectivity index (χ1v) is 10.7. The molecule has 0 bridgehead atoms. The lowest BCUT2D eigenvalue weighted by molar-refractivity contribution is 0.0599. The summed E-state index contributed by atoms with van der Waals surface area (Å²) in [5.74, 6) is 0.709. The van der Waals surface area contributed by atoms with Crippen LogP contribution in [-0.4, -0.2) is 32.5 Å². The molecule has 0 N–H and O–H groups in total. The Labute approximate surface area is 162 Å². The predicted octanol–water partition coefficient (Wildman–Crippen LogP) is 3.83. The van der Waals surface area contributed by atoms with Crippen molar-refractivity contribution in [2.24, 2.45) is 5.92 Å². The molecule has 0 radical (unpaired) electrons. The number of sulfonamides is 1. The molecule has 3 rings (SSSR count). The van der Waals surface area contributed by atoms with Crippen LogP contribution in [0.15, 0.2) is 53.4 Å². The van der Waals surface area contributed by atoms with E-state index in [2.05, 4.69) is 13.8 Å². The third-order valence-electron chi connectivity index (χ3n) is 4.82. The first-order chi connectivity index (χ1) is 12.9. The van der Waals surface area contributed by atoms with Crippen LogP contribution in [0.3, 0.4) is 0 Å². The minimum absolute atomic E-state index is 0.194. The number of rotatable bonds is 5. The van der Waals surface area contributed by atoms with Gasteiger partial charge in [-0.05, 0) is 35.6 Å². The summed E-state index contributed by atoms with van der Waals surface area (Å²) in [6, 6.07) is 14.4. The Morgan fingerprint density at radius 2 is 1.78 bits per heavy atom. The topological polar surface area (TPSA) is 55.8 Å². The van der Waals surface area contributed by atoms with E-state index in [9.17, 15) is 8.42 Å². The monoisotopic (exact) mass is 389 g/mol. The largest absolute Gasteiger partial charge is 0.495 e. The molecule has 1 aliphatic rings. The molecule has 27 heavy (non-hydrogen) atoms. The lowest BCUT2D eigenvalue weighted by atomic mass is 10.0. The maximum Gasteiger partial charge on any atom is 0.247 e. The van der Waals surface area contributed by atoms with Gasteiger partial charge in [0.2, 0.25) is 10.0 Å². The van der Waals surface area contributed by atoms with E-state index in [-0.39, 0.29) is 10.9 Å². The van der Waals surface area contributed by atoms with Crippen molar-refractivity contribution in [3.63, 3.8) is 0 Å². The van der Waals surface area contributed by atoms with Gasteiger partial charge in [-0.2, -0.15) is 4.31 Å². The SMILES string of the molecule is COc1ccccc1S(=O)(=O)N1Cc2ccccc2COCC1CC(C)C. The molecule has 2 aromatic carbocycles. The van der Waals surface area contributed by atoms with Crippen molar-refractivity contribution in [3.05, 3.63) is 59.7 Å². The van der Waals surface area contributed by atoms with Crippen LogP contribution in [-0.2, 0) is 27.9 Å². The third-order valence-corrected chi connectivity index (χ3v) is 6.76. The molecule has 0 amide bonds. The Balaban J connectivity index is 2.08. The van der Waals surface area contributed by atoms with E-state index in [1.165, 1.54) is 7.11 Å². The van der Waals surface area contributed by atoms with E-state index in [1.807, 2.05) is 24.3 Å². The van der Waals surface area contributed by atoms with Crippen molar-refractivity contribution < 1.29 is 17.9 Å². The van der Waals surface area contributed by atoms with Gasteiger partial charge in [-0.1, -0.05) is 50.2 Å². The van der Waals surface area contributed by atoms with Crippen LogP contribution in [0, 0.1) is 5.92 Å². The highest BCUT2D eigenvalue weighted by atomic mass is 32.2. The van der Waals surface area contributed by atoms with E-state index in [4.69, 9.17) is 9.47 Å². The maximum absolute atomic E-state index is 13.6. The average molecular weight is 390 g/mol. The molecule has 6 heteroatoms. The minimum atomic E-state index is -3.75. The zero-order valence-electron chi connectivity index (χ0n) is 16.1. The van der Waals surface area contributed by atoms with Gasteiger partial charge in [0.15, 0.2) is 0 Å². The molecule has 0 spiro atoms. The van der Waals surface area contributed by atoms with Crippen LogP contribution in [0.4, 0.5) is 0 Å². The van der Waals surface area contributed by atoms with Gasteiger partial charge >= 0.3 is 0 Å². The predicted molar refractivity (Wildman–Crippen MR) is 105 cm³/mol. The number of hydrogen-bond acceptors (Lipinski definition) is 4. The summed E-state index contributed by atoms with van der Waals surface area (Å²) in [5, 5.41) is 0. The van der Waals surface area contributed by atoms with Crippen molar-refractivity contribution in [2.75, 3.05) is 13.7 Å². The fraction of sp³-hybridized carbons (Fsp3) is 0.429. The molecule has 1 aliphatic heterocycles. The summed E-state index contributed by atoms with van der Waals surface area (Å²) in [6.07, 6.45) is 0.733. The Morgan fingerprint density at radius 1 is 1.11 bits per heavy atom. The fourth-order valence-corrected chi connectivity index (χ4v) is 5.26. The summed E-state index contributed by atoms with van der Waals surface area (Å²) in [7, 11) is -2.26. The lowest BCUT2D eigenvalue weighted by Gasteiger charge is -2.34. The Morgan fingerprint density at radius 3 is 2.48 bits per heavy atom. The second-order valence-electron chi connectivity index (χ2n) is 7.27. The summed E-state index contributed by atoms with van der Waals surface area (Å²) in [6.45, 7) is 5.41. The molecule has 1 atom stereocenters. The van der Waals surface area contributed by atoms with E-state index in [1.54, 1.807) is 28.6 Å². The Bertz CT molecular complexity index is 879. The molecule has 1 unspecified atom stereocenters. The van der Waals surface area contributed by atoms with E-state index in [0.29, 0.717) is 31.4 Å². The smallest absolute Gasteiger partial charge is 0.247 e. The summed E-state index contributed by atoms with van der Waals surface area (Å²) in [4.78, 5) is 0.194. The fourth-order valence-electron chi connectivity index (χ4n) is 3.51. The molecular formula is C21H27NO4S. The van der Waals surface area contributed by atoms with Gasteiger partial charge in [0.25, 0.3) is 0 Å². The molecular weight excluding hydrogens is 362 g/mol. The summed E-state index contributed by atoms with van der Waals surface area (Å²) >= 11 is 0. The zero-order chi connectivity index (χ0) is 19.4. The van der Waals surface area contributed by atoms with E-state index >= 15 is 0 Å². The van der Waals surface area contributed by atoms with Crippen molar-refractivity contribution in [1.82, 2.24) is 4.31 Å². The normalized spacial score (nSPS) is 18.6. The number of hydrogen-bond donors (Lipinski definition) is 0. The van der Waals surface area contributed by atoms with E-state index in [0.717, 1.165) is 17.5 Å². The number of nitrogens with zero attached hydrogens (tertiary/aromatic N) is 1.